The quantitative estimate of drug-likeness (QED) is 0.616. The second-order valence-electron chi connectivity index (χ2n) is 2.91. The van der Waals surface area contributed by atoms with Crippen LogP contribution in [0, 0.1) is 0 Å². The van der Waals surface area contributed by atoms with Crippen LogP contribution in [-0.4, -0.2) is 12.1 Å². The molecule has 0 spiro atoms. The predicted octanol–water partition coefficient (Wildman–Crippen LogP) is 4.24. The zero-order chi connectivity index (χ0) is 11.3. The van der Waals surface area contributed by atoms with Gasteiger partial charge in [0, 0.05) is 6.20 Å². The molecular formula is C11H14FNS2. The molecule has 0 saturated carbocycles. The minimum Gasteiger partial charge on any atom is -0.353 e. The molecule has 0 aliphatic rings. The molecular weight excluding hydrogens is 229 g/mol. The first-order chi connectivity index (χ1) is 7.13. The van der Waals surface area contributed by atoms with Crippen molar-refractivity contribution in [2.45, 2.75) is 11.1 Å². The smallest absolute Gasteiger partial charge is 0.120 e. The lowest BCUT2D eigenvalue weighted by atomic mass is 10.5. The van der Waals surface area contributed by atoms with Gasteiger partial charge in [-0.15, -0.1) is 11.3 Å². The molecule has 0 aliphatic heterocycles. The fourth-order valence-electron chi connectivity index (χ4n) is 0.885. The van der Waals surface area contributed by atoms with Gasteiger partial charge in [0.25, 0.3) is 0 Å². The standard InChI is InChI=1S/C11H14FNS2/c1-4-9(12)7-8-13-10-5-6-11(14-10)15(2)3/h4-8,13H,2H2,1,3H3/b8-7-,9-4+. The van der Waals surface area contributed by atoms with Gasteiger partial charge in [-0.1, -0.05) is 11.9 Å². The van der Waals surface area contributed by atoms with E-state index in [2.05, 4.69) is 17.4 Å². The summed E-state index contributed by atoms with van der Waals surface area (Å²) in [5.74, 6) is 3.72. The van der Waals surface area contributed by atoms with Gasteiger partial charge in [-0.05, 0) is 31.4 Å². The van der Waals surface area contributed by atoms with E-state index in [1.54, 1.807) is 24.5 Å². The third-order valence-corrected chi connectivity index (χ3v) is 4.41. The van der Waals surface area contributed by atoms with E-state index < -0.39 is 0 Å². The van der Waals surface area contributed by atoms with Crippen LogP contribution in [0.4, 0.5) is 9.39 Å². The van der Waals surface area contributed by atoms with Crippen LogP contribution in [0.5, 0.6) is 0 Å². The molecule has 4 heteroatoms. The van der Waals surface area contributed by atoms with E-state index in [1.807, 2.05) is 12.1 Å². The monoisotopic (exact) mass is 243 g/mol. The Bertz CT molecular complexity index is 404. The minimum atomic E-state index is -0.244. The highest BCUT2D eigenvalue weighted by Crippen LogP contribution is 2.32. The fourth-order valence-corrected chi connectivity index (χ4v) is 2.64. The fraction of sp³-hybridized carbons (Fsp3) is 0.182. The third kappa shape index (κ3) is 4.01. The normalized spacial score (nSPS) is 14.5. The highest BCUT2D eigenvalue weighted by atomic mass is 32.2. The van der Waals surface area contributed by atoms with E-state index in [0.717, 1.165) is 5.00 Å². The first-order valence-corrected chi connectivity index (χ1v) is 7.05. The van der Waals surface area contributed by atoms with Crippen molar-refractivity contribution >= 4 is 32.7 Å². The number of anilines is 1. The van der Waals surface area contributed by atoms with E-state index >= 15 is 0 Å². The lowest BCUT2D eigenvalue weighted by Gasteiger charge is -1.94. The van der Waals surface area contributed by atoms with Gasteiger partial charge in [-0.3, -0.25) is 0 Å². The molecule has 0 aliphatic carbocycles. The first-order valence-electron chi connectivity index (χ1n) is 4.44. The number of nitrogens with one attached hydrogen (secondary N) is 1. The zero-order valence-electron chi connectivity index (χ0n) is 8.79. The summed E-state index contributed by atoms with van der Waals surface area (Å²) in [6.07, 6.45) is 6.49. The molecule has 0 saturated heterocycles. The number of allylic oxidation sites excluding steroid dienone is 3. The van der Waals surface area contributed by atoms with Gasteiger partial charge < -0.3 is 5.32 Å². The summed E-state index contributed by atoms with van der Waals surface area (Å²) in [5, 5.41) is 4.03. The Morgan fingerprint density at radius 1 is 1.60 bits per heavy atom. The molecule has 1 aromatic rings. The van der Waals surface area contributed by atoms with Crippen molar-refractivity contribution in [3.05, 3.63) is 36.3 Å². The van der Waals surface area contributed by atoms with Crippen LogP contribution < -0.4 is 5.32 Å². The van der Waals surface area contributed by atoms with E-state index in [1.165, 1.54) is 16.4 Å². The van der Waals surface area contributed by atoms with Crippen molar-refractivity contribution in [2.75, 3.05) is 11.6 Å². The van der Waals surface area contributed by atoms with Gasteiger partial charge in [0.15, 0.2) is 0 Å². The van der Waals surface area contributed by atoms with Crippen molar-refractivity contribution < 1.29 is 4.39 Å². The molecule has 1 N–H and O–H groups in total. The van der Waals surface area contributed by atoms with Crippen molar-refractivity contribution in [1.82, 2.24) is 0 Å². The van der Waals surface area contributed by atoms with Crippen molar-refractivity contribution in [3.8, 4) is 0 Å². The van der Waals surface area contributed by atoms with E-state index in [0.29, 0.717) is 0 Å². The Morgan fingerprint density at radius 3 is 2.87 bits per heavy atom. The molecule has 0 fully saturated rings. The summed E-state index contributed by atoms with van der Waals surface area (Å²) in [7, 11) is 0.0449. The van der Waals surface area contributed by atoms with Gasteiger partial charge in [0.2, 0.25) is 0 Å². The largest absolute Gasteiger partial charge is 0.353 e. The lowest BCUT2D eigenvalue weighted by Crippen LogP contribution is -1.81. The minimum absolute atomic E-state index is 0.0449. The summed E-state index contributed by atoms with van der Waals surface area (Å²) in [5.41, 5.74) is 0. The SMILES string of the molecule is C=S(C)c1ccc(N/C=C\C(F)=C/C)s1. The molecule has 1 unspecified atom stereocenters. The molecule has 1 heterocycles. The highest BCUT2D eigenvalue weighted by Gasteiger charge is 1.97. The zero-order valence-corrected chi connectivity index (χ0v) is 10.4. The van der Waals surface area contributed by atoms with E-state index in [-0.39, 0.29) is 16.3 Å². The molecule has 1 rings (SSSR count). The lowest BCUT2D eigenvalue weighted by molar-refractivity contribution is 0.664. The second-order valence-corrected chi connectivity index (χ2v) is 5.96. The average Bonchev–Trinajstić information content (AvgIpc) is 2.66. The molecule has 0 aromatic carbocycles. The number of hydrogen-bond donors (Lipinski definition) is 1. The molecule has 15 heavy (non-hydrogen) atoms. The first kappa shape index (κ1) is 12.2. The Labute approximate surface area is 96.3 Å². The van der Waals surface area contributed by atoms with Crippen LogP contribution >= 0.6 is 21.8 Å². The van der Waals surface area contributed by atoms with Gasteiger partial charge in [0.05, 0.1) is 9.21 Å². The summed E-state index contributed by atoms with van der Waals surface area (Å²) in [4.78, 5) is 0. The van der Waals surface area contributed by atoms with Crippen LogP contribution in [0.3, 0.4) is 0 Å². The maximum atomic E-state index is 12.7. The Morgan fingerprint density at radius 2 is 2.33 bits per heavy atom. The topological polar surface area (TPSA) is 12.0 Å². The van der Waals surface area contributed by atoms with E-state index in [9.17, 15) is 4.39 Å². The molecule has 1 atom stereocenters. The van der Waals surface area contributed by atoms with Gasteiger partial charge in [0.1, 0.15) is 5.83 Å². The summed E-state index contributed by atoms with van der Waals surface area (Å²) in [6, 6.07) is 4.02. The van der Waals surface area contributed by atoms with Crippen molar-refractivity contribution in [3.63, 3.8) is 0 Å². The van der Waals surface area contributed by atoms with E-state index in [4.69, 9.17) is 0 Å². The molecule has 0 amide bonds. The maximum absolute atomic E-state index is 12.7. The Balaban J connectivity index is 2.58. The maximum Gasteiger partial charge on any atom is 0.120 e. The van der Waals surface area contributed by atoms with Crippen LogP contribution in [0.25, 0.3) is 0 Å². The molecule has 0 radical (unpaired) electrons. The predicted molar refractivity (Wildman–Crippen MR) is 70.8 cm³/mol. The number of thiophene rings is 1. The summed E-state index contributed by atoms with van der Waals surface area (Å²) in [6.45, 7) is 1.66. The molecule has 1 aromatic heterocycles. The summed E-state index contributed by atoms with van der Waals surface area (Å²) < 4.78 is 13.9. The van der Waals surface area contributed by atoms with Crippen LogP contribution in [0.2, 0.25) is 0 Å². The van der Waals surface area contributed by atoms with Gasteiger partial charge in [-0.25, -0.2) is 4.39 Å². The number of rotatable bonds is 4. The van der Waals surface area contributed by atoms with Crippen molar-refractivity contribution in [2.24, 2.45) is 0 Å². The van der Waals surface area contributed by atoms with Gasteiger partial charge in [-0.2, -0.15) is 10.5 Å². The highest BCUT2D eigenvalue weighted by molar-refractivity contribution is 8.15. The Hall–Kier alpha value is -0.870. The number of hydrogen-bond acceptors (Lipinski definition) is 2. The van der Waals surface area contributed by atoms with Crippen LogP contribution in [0.15, 0.2) is 40.5 Å². The molecule has 82 valence electrons. The second kappa shape index (κ2) is 5.88. The van der Waals surface area contributed by atoms with Gasteiger partial charge >= 0.3 is 0 Å². The summed E-state index contributed by atoms with van der Waals surface area (Å²) >= 11 is 1.65. The number of halogens is 1. The molecule has 0 bridgehead atoms. The Kier molecular flexibility index (Phi) is 4.78. The van der Waals surface area contributed by atoms with Crippen LogP contribution in [0.1, 0.15) is 6.92 Å². The molecule has 1 nitrogen and oxygen atoms in total. The van der Waals surface area contributed by atoms with Crippen molar-refractivity contribution in [1.29, 1.82) is 0 Å². The third-order valence-electron chi connectivity index (χ3n) is 1.67. The van der Waals surface area contributed by atoms with Crippen LogP contribution in [-0.2, 0) is 0 Å². The average molecular weight is 243 g/mol.